The molecule has 0 atom stereocenters. The molecule has 25 heavy (non-hydrogen) atoms. The second-order valence-corrected chi connectivity index (χ2v) is 4.93. The highest BCUT2D eigenvalue weighted by molar-refractivity contribution is 5.95. The van der Waals surface area contributed by atoms with E-state index in [1.54, 1.807) is 36.4 Å². The molecule has 2 rings (SSSR count). The van der Waals surface area contributed by atoms with E-state index in [1.807, 2.05) is 6.92 Å². The van der Waals surface area contributed by atoms with E-state index >= 15 is 0 Å². The van der Waals surface area contributed by atoms with Crippen molar-refractivity contribution in [3.63, 3.8) is 0 Å². The number of hydrogen-bond acceptors (Lipinski definition) is 6. The maximum Gasteiger partial charge on any atom is 0.271 e. The number of aromatic hydroxyl groups is 1. The zero-order valence-electron chi connectivity index (χ0n) is 14.3. The summed E-state index contributed by atoms with van der Waals surface area (Å²) in [5, 5.41) is 13.8. The number of phenols is 1. The summed E-state index contributed by atoms with van der Waals surface area (Å²) in [7, 11) is 2.87. The molecule has 0 heterocycles. The highest BCUT2D eigenvalue weighted by atomic mass is 16.5. The van der Waals surface area contributed by atoms with Crippen molar-refractivity contribution >= 4 is 12.1 Å². The number of hydrazone groups is 1. The van der Waals surface area contributed by atoms with Gasteiger partial charge in [0.15, 0.2) is 11.5 Å². The molecular formula is C18H20N2O5. The molecule has 0 radical (unpaired) electrons. The second-order valence-electron chi connectivity index (χ2n) is 4.93. The van der Waals surface area contributed by atoms with Crippen LogP contribution in [0.2, 0.25) is 0 Å². The summed E-state index contributed by atoms with van der Waals surface area (Å²) < 4.78 is 15.5. The van der Waals surface area contributed by atoms with E-state index < -0.39 is 0 Å². The summed E-state index contributed by atoms with van der Waals surface area (Å²) in [5.41, 5.74) is 3.49. The number of ether oxygens (including phenoxy) is 3. The molecule has 2 aromatic carbocycles. The monoisotopic (exact) mass is 344 g/mol. The summed E-state index contributed by atoms with van der Waals surface area (Å²) >= 11 is 0. The van der Waals surface area contributed by atoms with Gasteiger partial charge in [0.1, 0.15) is 5.75 Å². The van der Waals surface area contributed by atoms with E-state index in [4.69, 9.17) is 14.2 Å². The maximum absolute atomic E-state index is 12.0. The zero-order chi connectivity index (χ0) is 18.2. The van der Waals surface area contributed by atoms with Crippen molar-refractivity contribution in [1.82, 2.24) is 5.43 Å². The van der Waals surface area contributed by atoms with Crippen molar-refractivity contribution in [2.45, 2.75) is 6.92 Å². The number of benzene rings is 2. The third kappa shape index (κ3) is 4.63. The number of rotatable bonds is 7. The Labute approximate surface area is 145 Å². The lowest BCUT2D eigenvalue weighted by molar-refractivity contribution is 0.0955. The van der Waals surface area contributed by atoms with Crippen LogP contribution in [0.25, 0.3) is 0 Å². The van der Waals surface area contributed by atoms with Crippen LogP contribution < -0.4 is 19.6 Å². The molecule has 7 nitrogen and oxygen atoms in total. The molecule has 1 amide bonds. The molecule has 0 saturated heterocycles. The Bertz CT molecular complexity index is 732. The third-order valence-electron chi connectivity index (χ3n) is 3.31. The van der Waals surface area contributed by atoms with Gasteiger partial charge in [0.25, 0.3) is 5.91 Å². The van der Waals surface area contributed by atoms with Gasteiger partial charge in [0.05, 0.1) is 27.0 Å². The highest BCUT2D eigenvalue weighted by Gasteiger charge is 2.10. The first-order chi connectivity index (χ1) is 12.1. The fourth-order valence-corrected chi connectivity index (χ4v) is 2.09. The van der Waals surface area contributed by atoms with Gasteiger partial charge in [0, 0.05) is 11.1 Å². The van der Waals surface area contributed by atoms with Gasteiger partial charge >= 0.3 is 0 Å². The van der Waals surface area contributed by atoms with E-state index in [9.17, 15) is 9.90 Å². The topological polar surface area (TPSA) is 89.4 Å². The fraction of sp³-hybridized carbons (Fsp3) is 0.222. The van der Waals surface area contributed by atoms with E-state index in [0.29, 0.717) is 23.5 Å². The Morgan fingerprint density at radius 2 is 1.76 bits per heavy atom. The summed E-state index contributed by atoms with van der Waals surface area (Å²) in [6.45, 7) is 2.46. The van der Waals surface area contributed by atoms with Crippen molar-refractivity contribution in [1.29, 1.82) is 0 Å². The van der Waals surface area contributed by atoms with E-state index in [0.717, 1.165) is 0 Å². The van der Waals surface area contributed by atoms with Crippen LogP contribution in [0.3, 0.4) is 0 Å². The molecular weight excluding hydrogens is 324 g/mol. The number of carbonyl (C=O) groups is 1. The number of nitrogens with one attached hydrogen (secondary N) is 1. The largest absolute Gasteiger partial charge is 0.502 e. The number of nitrogens with zero attached hydrogens (tertiary/aromatic N) is 1. The highest BCUT2D eigenvalue weighted by Crippen LogP contribution is 2.36. The number of carbonyl (C=O) groups excluding carboxylic acids is 1. The Morgan fingerprint density at radius 3 is 2.28 bits per heavy atom. The molecule has 2 N–H and O–H groups in total. The first-order valence-electron chi connectivity index (χ1n) is 7.60. The summed E-state index contributed by atoms with van der Waals surface area (Å²) in [6.07, 6.45) is 1.43. The van der Waals surface area contributed by atoms with Gasteiger partial charge in [0.2, 0.25) is 5.75 Å². The molecule has 0 fully saturated rings. The van der Waals surface area contributed by atoms with Gasteiger partial charge in [-0.25, -0.2) is 5.43 Å². The zero-order valence-corrected chi connectivity index (χ0v) is 14.3. The van der Waals surface area contributed by atoms with Crippen LogP contribution in [0.1, 0.15) is 22.8 Å². The van der Waals surface area contributed by atoms with Crippen LogP contribution >= 0.6 is 0 Å². The lowest BCUT2D eigenvalue weighted by Gasteiger charge is -2.09. The van der Waals surface area contributed by atoms with E-state index in [1.165, 1.54) is 20.4 Å². The Balaban J connectivity index is 2.06. The maximum atomic E-state index is 12.0. The summed E-state index contributed by atoms with van der Waals surface area (Å²) in [5.74, 6) is 0.751. The van der Waals surface area contributed by atoms with E-state index in [-0.39, 0.29) is 23.2 Å². The van der Waals surface area contributed by atoms with Gasteiger partial charge in [-0.15, -0.1) is 0 Å². The van der Waals surface area contributed by atoms with Crippen molar-refractivity contribution in [2.24, 2.45) is 5.10 Å². The standard InChI is InChI=1S/C18H20N2O5/c1-4-25-14-7-5-13(6-8-14)18(22)20-19-11-12-9-15(23-2)17(21)16(10-12)24-3/h5-11,21H,4H2,1-3H3,(H,20,22)/b19-11+. The molecule has 0 aliphatic rings. The number of amides is 1. The van der Waals surface area contributed by atoms with Gasteiger partial charge in [-0.1, -0.05) is 0 Å². The normalized spacial score (nSPS) is 10.5. The molecule has 2 aromatic rings. The molecule has 0 bridgehead atoms. The SMILES string of the molecule is CCOc1ccc(C(=O)N/N=C/c2cc(OC)c(O)c(OC)c2)cc1. The van der Waals surface area contributed by atoms with Crippen molar-refractivity contribution in [2.75, 3.05) is 20.8 Å². The smallest absolute Gasteiger partial charge is 0.271 e. The molecule has 0 aromatic heterocycles. The lowest BCUT2D eigenvalue weighted by Crippen LogP contribution is -2.17. The van der Waals surface area contributed by atoms with Gasteiger partial charge in [-0.3, -0.25) is 4.79 Å². The minimum Gasteiger partial charge on any atom is -0.502 e. The Kier molecular flexibility index (Phi) is 6.22. The Morgan fingerprint density at radius 1 is 1.16 bits per heavy atom. The van der Waals surface area contributed by atoms with Crippen LogP contribution in [-0.2, 0) is 0 Å². The first-order valence-corrected chi connectivity index (χ1v) is 7.60. The van der Waals surface area contributed by atoms with Gasteiger partial charge < -0.3 is 19.3 Å². The van der Waals surface area contributed by atoms with Gasteiger partial charge in [-0.2, -0.15) is 5.10 Å². The number of hydrogen-bond donors (Lipinski definition) is 2. The molecule has 0 spiro atoms. The van der Waals surface area contributed by atoms with Crippen LogP contribution in [0.5, 0.6) is 23.0 Å². The average molecular weight is 344 g/mol. The van der Waals surface area contributed by atoms with Crippen LogP contribution in [0.15, 0.2) is 41.5 Å². The molecule has 0 unspecified atom stereocenters. The second kappa shape index (κ2) is 8.58. The predicted molar refractivity (Wildman–Crippen MR) is 93.9 cm³/mol. The summed E-state index contributed by atoms with van der Waals surface area (Å²) in [4.78, 5) is 12.0. The van der Waals surface area contributed by atoms with Crippen molar-refractivity contribution in [3.05, 3.63) is 47.5 Å². The summed E-state index contributed by atoms with van der Waals surface area (Å²) in [6, 6.07) is 9.90. The number of methoxy groups -OCH3 is 2. The van der Waals surface area contributed by atoms with Crippen molar-refractivity contribution < 1.29 is 24.1 Å². The fourth-order valence-electron chi connectivity index (χ4n) is 2.09. The van der Waals surface area contributed by atoms with Gasteiger partial charge in [-0.05, 0) is 43.3 Å². The molecule has 132 valence electrons. The quantitative estimate of drug-likeness (QED) is 0.595. The van der Waals surface area contributed by atoms with E-state index in [2.05, 4.69) is 10.5 Å². The molecule has 7 heteroatoms. The minimum absolute atomic E-state index is 0.0967. The first kappa shape index (κ1) is 18.1. The van der Waals surface area contributed by atoms with Crippen LogP contribution in [-0.4, -0.2) is 38.1 Å². The number of phenolic OH excluding ortho intramolecular Hbond substituents is 1. The van der Waals surface area contributed by atoms with Crippen LogP contribution in [0, 0.1) is 0 Å². The average Bonchev–Trinajstić information content (AvgIpc) is 2.63. The molecule has 0 aliphatic carbocycles. The van der Waals surface area contributed by atoms with Crippen LogP contribution in [0.4, 0.5) is 0 Å². The minimum atomic E-state index is -0.350. The third-order valence-corrected chi connectivity index (χ3v) is 3.31. The van der Waals surface area contributed by atoms with Crippen molar-refractivity contribution in [3.8, 4) is 23.0 Å². The molecule has 0 saturated carbocycles. The predicted octanol–water partition coefficient (Wildman–Crippen LogP) is 2.57. The lowest BCUT2D eigenvalue weighted by atomic mass is 10.2. The molecule has 0 aliphatic heterocycles. The Hall–Kier alpha value is -3.22.